The van der Waals surface area contributed by atoms with Crippen LogP contribution >= 0.6 is 0 Å². The van der Waals surface area contributed by atoms with Gasteiger partial charge >= 0.3 is 5.97 Å². The molecule has 0 spiro atoms. The molecule has 0 aromatic rings. The molecular formula is C15H30N2O7. The van der Waals surface area contributed by atoms with Gasteiger partial charge in [0.15, 0.2) is 0 Å². The van der Waals surface area contributed by atoms with E-state index in [1.807, 2.05) is 0 Å². The summed E-state index contributed by atoms with van der Waals surface area (Å²) < 4.78 is 15.5. The summed E-state index contributed by atoms with van der Waals surface area (Å²) in [5, 5.41) is 19.8. The molecule has 0 bridgehead atoms. The molecule has 142 valence electrons. The molecule has 5 N–H and O–H groups in total. The van der Waals surface area contributed by atoms with E-state index < -0.39 is 12.0 Å². The van der Waals surface area contributed by atoms with Crippen molar-refractivity contribution in [3.63, 3.8) is 0 Å². The lowest BCUT2D eigenvalue weighted by Gasteiger charge is -2.08. The summed E-state index contributed by atoms with van der Waals surface area (Å²) in [4.78, 5) is 22.0. The minimum atomic E-state index is -1.00. The van der Waals surface area contributed by atoms with Crippen molar-refractivity contribution in [3.8, 4) is 0 Å². The second kappa shape index (κ2) is 16.6. The summed E-state index contributed by atoms with van der Waals surface area (Å²) in [5.41, 5.74) is 5.37. The highest BCUT2D eigenvalue weighted by atomic mass is 16.5. The number of carbonyl (C=O) groups is 2. The largest absolute Gasteiger partial charge is 0.480 e. The highest BCUT2D eigenvalue weighted by molar-refractivity contribution is 5.75. The fraction of sp³-hybridized carbons (Fsp3) is 0.867. The summed E-state index contributed by atoms with van der Waals surface area (Å²) in [6.07, 6.45) is 2.02. The van der Waals surface area contributed by atoms with Crippen LogP contribution < -0.4 is 11.1 Å². The molecule has 1 atom stereocenters. The van der Waals surface area contributed by atoms with Crippen LogP contribution in [-0.4, -0.2) is 80.9 Å². The summed E-state index contributed by atoms with van der Waals surface area (Å²) in [7, 11) is 0. The Bertz CT molecular complexity index is 329. The SMILES string of the molecule is N[C@@H](CCCCNC(=O)CCOCCOCCOCCO)C(=O)O. The average Bonchev–Trinajstić information content (AvgIpc) is 2.55. The molecule has 0 aliphatic heterocycles. The van der Waals surface area contributed by atoms with Gasteiger partial charge in [0.05, 0.1) is 46.2 Å². The van der Waals surface area contributed by atoms with Crippen molar-refractivity contribution in [2.24, 2.45) is 5.73 Å². The number of carbonyl (C=O) groups excluding carboxylic acids is 1. The van der Waals surface area contributed by atoms with Crippen molar-refractivity contribution in [1.29, 1.82) is 0 Å². The fourth-order valence-corrected chi connectivity index (χ4v) is 1.70. The van der Waals surface area contributed by atoms with Crippen molar-refractivity contribution in [1.82, 2.24) is 5.32 Å². The zero-order valence-electron chi connectivity index (χ0n) is 14.1. The maximum Gasteiger partial charge on any atom is 0.320 e. The molecule has 0 saturated carbocycles. The van der Waals surface area contributed by atoms with E-state index in [2.05, 4.69) is 5.32 Å². The predicted molar refractivity (Wildman–Crippen MR) is 86.6 cm³/mol. The van der Waals surface area contributed by atoms with Gasteiger partial charge in [-0.15, -0.1) is 0 Å². The van der Waals surface area contributed by atoms with Crippen molar-refractivity contribution < 1.29 is 34.0 Å². The molecule has 1 amide bonds. The molecule has 9 nitrogen and oxygen atoms in total. The van der Waals surface area contributed by atoms with Crippen LogP contribution in [-0.2, 0) is 23.8 Å². The van der Waals surface area contributed by atoms with Gasteiger partial charge < -0.3 is 35.5 Å². The van der Waals surface area contributed by atoms with Crippen LogP contribution in [0.4, 0.5) is 0 Å². The van der Waals surface area contributed by atoms with Crippen LogP contribution in [0.2, 0.25) is 0 Å². The van der Waals surface area contributed by atoms with Crippen molar-refractivity contribution in [2.45, 2.75) is 31.7 Å². The van der Waals surface area contributed by atoms with Gasteiger partial charge in [-0.2, -0.15) is 0 Å². The second-order valence-electron chi connectivity index (χ2n) is 5.10. The first kappa shape index (κ1) is 22.7. The molecule has 0 saturated heterocycles. The molecule has 0 heterocycles. The highest BCUT2D eigenvalue weighted by Crippen LogP contribution is 1.98. The van der Waals surface area contributed by atoms with Gasteiger partial charge in [0.25, 0.3) is 0 Å². The van der Waals surface area contributed by atoms with E-state index in [1.54, 1.807) is 0 Å². The van der Waals surface area contributed by atoms with Gasteiger partial charge in [0.1, 0.15) is 6.04 Å². The maximum absolute atomic E-state index is 11.5. The normalized spacial score (nSPS) is 12.1. The van der Waals surface area contributed by atoms with Crippen LogP contribution in [0.25, 0.3) is 0 Å². The van der Waals surface area contributed by atoms with Gasteiger partial charge in [-0.05, 0) is 19.3 Å². The van der Waals surface area contributed by atoms with E-state index in [4.69, 9.17) is 30.2 Å². The smallest absolute Gasteiger partial charge is 0.320 e. The van der Waals surface area contributed by atoms with E-state index in [-0.39, 0.29) is 18.9 Å². The standard InChI is InChI=1S/C15H30N2O7/c16-13(15(20)21)3-1-2-5-17-14(19)4-7-22-9-11-24-12-10-23-8-6-18/h13,18H,1-12,16H2,(H,17,19)(H,20,21)/t13-/m0/s1. The highest BCUT2D eigenvalue weighted by Gasteiger charge is 2.10. The number of ether oxygens (including phenoxy) is 3. The van der Waals surface area contributed by atoms with E-state index >= 15 is 0 Å². The number of carboxylic acids is 1. The minimum Gasteiger partial charge on any atom is -0.480 e. The zero-order valence-corrected chi connectivity index (χ0v) is 14.1. The molecule has 24 heavy (non-hydrogen) atoms. The Kier molecular flexibility index (Phi) is 15.7. The average molecular weight is 350 g/mol. The molecule has 0 fully saturated rings. The van der Waals surface area contributed by atoms with E-state index in [0.29, 0.717) is 65.4 Å². The third kappa shape index (κ3) is 15.6. The maximum atomic E-state index is 11.5. The number of amides is 1. The predicted octanol–water partition coefficient (Wildman–Crippen LogP) is -0.883. The molecule has 9 heteroatoms. The van der Waals surface area contributed by atoms with Crippen LogP contribution in [0.1, 0.15) is 25.7 Å². The summed E-state index contributed by atoms with van der Waals surface area (Å²) in [6, 6.07) is -0.836. The lowest BCUT2D eigenvalue weighted by atomic mass is 10.1. The number of aliphatic carboxylic acids is 1. The van der Waals surface area contributed by atoms with Crippen LogP contribution in [0.5, 0.6) is 0 Å². The third-order valence-electron chi connectivity index (χ3n) is 3.03. The number of hydrogen-bond donors (Lipinski definition) is 4. The van der Waals surface area contributed by atoms with Gasteiger partial charge in [-0.3, -0.25) is 9.59 Å². The Morgan fingerprint density at radius 3 is 2.12 bits per heavy atom. The van der Waals surface area contributed by atoms with Crippen molar-refractivity contribution in [3.05, 3.63) is 0 Å². The van der Waals surface area contributed by atoms with E-state index in [9.17, 15) is 9.59 Å². The van der Waals surface area contributed by atoms with Crippen LogP contribution in [0.15, 0.2) is 0 Å². The number of unbranched alkanes of at least 4 members (excludes halogenated alkanes) is 1. The molecular weight excluding hydrogens is 320 g/mol. The van der Waals surface area contributed by atoms with Crippen molar-refractivity contribution >= 4 is 11.9 Å². The minimum absolute atomic E-state index is 0.00104. The number of nitrogens with two attached hydrogens (primary N) is 1. The fourth-order valence-electron chi connectivity index (χ4n) is 1.70. The van der Waals surface area contributed by atoms with Crippen molar-refractivity contribution in [2.75, 3.05) is 52.8 Å². The first-order valence-electron chi connectivity index (χ1n) is 8.17. The van der Waals surface area contributed by atoms with Gasteiger partial charge in [-0.1, -0.05) is 0 Å². The molecule has 0 unspecified atom stereocenters. The third-order valence-corrected chi connectivity index (χ3v) is 3.03. The molecule has 0 aromatic heterocycles. The quantitative estimate of drug-likeness (QED) is 0.248. The Labute approximate surface area is 142 Å². The van der Waals surface area contributed by atoms with Gasteiger partial charge in [-0.25, -0.2) is 0 Å². The number of aliphatic hydroxyl groups is 1. The summed E-state index contributed by atoms with van der Waals surface area (Å²) in [6.45, 7) is 2.83. The number of aliphatic hydroxyl groups excluding tert-OH is 1. The summed E-state index contributed by atoms with van der Waals surface area (Å²) >= 11 is 0. The number of nitrogens with one attached hydrogen (secondary N) is 1. The van der Waals surface area contributed by atoms with Gasteiger partial charge in [0, 0.05) is 13.0 Å². The first-order valence-corrected chi connectivity index (χ1v) is 8.17. The topological polar surface area (TPSA) is 140 Å². The number of carboxylic acid groups (broad SMARTS) is 1. The zero-order chi connectivity index (χ0) is 18.0. The Morgan fingerprint density at radius 1 is 0.958 bits per heavy atom. The van der Waals surface area contributed by atoms with Crippen LogP contribution in [0.3, 0.4) is 0 Å². The van der Waals surface area contributed by atoms with Crippen LogP contribution in [0, 0.1) is 0 Å². The molecule has 0 rings (SSSR count). The first-order chi connectivity index (χ1) is 11.6. The molecule has 0 radical (unpaired) electrons. The van der Waals surface area contributed by atoms with E-state index in [0.717, 1.165) is 0 Å². The number of hydrogen-bond acceptors (Lipinski definition) is 7. The molecule has 0 aliphatic rings. The lowest BCUT2D eigenvalue weighted by Crippen LogP contribution is -2.30. The second-order valence-corrected chi connectivity index (χ2v) is 5.10. The summed E-state index contributed by atoms with van der Waals surface area (Å²) in [5.74, 6) is -1.10. The number of rotatable bonds is 17. The molecule has 0 aromatic carbocycles. The van der Waals surface area contributed by atoms with E-state index in [1.165, 1.54) is 0 Å². The molecule has 0 aliphatic carbocycles. The monoisotopic (exact) mass is 350 g/mol. The Balaban J connectivity index is 3.25. The lowest BCUT2D eigenvalue weighted by molar-refractivity contribution is -0.138. The Morgan fingerprint density at radius 2 is 1.54 bits per heavy atom. The Hall–Kier alpha value is -1.26. The van der Waals surface area contributed by atoms with Gasteiger partial charge in [0.2, 0.25) is 5.91 Å².